The number of benzene rings is 1. The van der Waals surface area contributed by atoms with Crippen LogP contribution in [0.25, 0.3) is 11.4 Å². The van der Waals surface area contributed by atoms with E-state index in [0.717, 1.165) is 24.4 Å². The Morgan fingerprint density at radius 3 is 2.63 bits per heavy atom. The van der Waals surface area contributed by atoms with E-state index in [1.165, 1.54) is 0 Å². The van der Waals surface area contributed by atoms with Crippen molar-refractivity contribution in [2.75, 3.05) is 14.2 Å². The lowest BCUT2D eigenvalue weighted by atomic mass is 10.2. The largest absolute Gasteiger partial charge is 0.493 e. The molecule has 0 fully saturated rings. The molecule has 0 aliphatic rings. The molecule has 6 heteroatoms. The maximum Gasteiger partial charge on any atom is 0.195 e. The molecule has 102 valence electrons. The molecular formula is C13H17N3O2S. The maximum absolute atomic E-state index is 5.31. The fourth-order valence-corrected chi connectivity index (χ4v) is 2.17. The van der Waals surface area contributed by atoms with Crippen LogP contribution >= 0.6 is 12.2 Å². The van der Waals surface area contributed by atoms with Crippen LogP contribution in [0, 0.1) is 4.77 Å². The molecule has 1 aromatic carbocycles. The average molecular weight is 279 g/mol. The van der Waals surface area contributed by atoms with Gasteiger partial charge in [-0.25, -0.2) is 0 Å². The number of aromatic nitrogens is 3. The van der Waals surface area contributed by atoms with Crippen LogP contribution in [-0.4, -0.2) is 29.0 Å². The maximum atomic E-state index is 5.31. The molecule has 0 saturated carbocycles. The summed E-state index contributed by atoms with van der Waals surface area (Å²) >= 11 is 5.24. The molecule has 0 bridgehead atoms. The number of methoxy groups -OCH3 is 2. The highest BCUT2D eigenvalue weighted by atomic mass is 32.1. The summed E-state index contributed by atoms with van der Waals surface area (Å²) < 4.78 is 13.2. The summed E-state index contributed by atoms with van der Waals surface area (Å²) in [6.45, 7) is 2.94. The molecule has 19 heavy (non-hydrogen) atoms. The zero-order valence-electron chi connectivity index (χ0n) is 11.3. The van der Waals surface area contributed by atoms with Crippen molar-refractivity contribution in [1.82, 2.24) is 14.8 Å². The van der Waals surface area contributed by atoms with E-state index in [4.69, 9.17) is 21.7 Å². The molecule has 2 rings (SSSR count). The van der Waals surface area contributed by atoms with Gasteiger partial charge in [-0.05, 0) is 36.8 Å². The van der Waals surface area contributed by atoms with Crippen molar-refractivity contribution in [3.8, 4) is 22.9 Å². The molecule has 2 aromatic rings. The summed E-state index contributed by atoms with van der Waals surface area (Å²) in [7, 11) is 3.23. The highest BCUT2D eigenvalue weighted by molar-refractivity contribution is 7.71. The molecule has 0 aliphatic carbocycles. The molecule has 5 nitrogen and oxygen atoms in total. The topological polar surface area (TPSA) is 52.1 Å². The summed E-state index contributed by atoms with van der Waals surface area (Å²) in [5.41, 5.74) is 0.943. The second-order valence-electron chi connectivity index (χ2n) is 4.07. The van der Waals surface area contributed by atoms with Crippen molar-refractivity contribution in [3.63, 3.8) is 0 Å². The highest BCUT2D eigenvalue weighted by Crippen LogP contribution is 2.31. The van der Waals surface area contributed by atoms with Gasteiger partial charge in [0.25, 0.3) is 0 Å². The molecule has 1 N–H and O–H groups in total. The predicted molar refractivity (Wildman–Crippen MR) is 76.2 cm³/mol. The van der Waals surface area contributed by atoms with Crippen molar-refractivity contribution >= 4 is 12.2 Å². The van der Waals surface area contributed by atoms with Crippen molar-refractivity contribution in [2.45, 2.75) is 19.9 Å². The Hall–Kier alpha value is -1.82. The highest BCUT2D eigenvalue weighted by Gasteiger charge is 2.11. The van der Waals surface area contributed by atoms with E-state index in [1.807, 2.05) is 22.8 Å². The second kappa shape index (κ2) is 5.88. The molecule has 0 radical (unpaired) electrons. The molecule has 1 aromatic heterocycles. The third kappa shape index (κ3) is 2.63. The monoisotopic (exact) mass is 279 g/mol. The number of hydrogen-bond donors (Lipinski definition) is 1. The second-order valence-corrected chi connectivity index (χ2v) is 4.46. The number of aromatic amines is 1. The Kier molecular flexibility index (Phi) is 4.21. The number of nitrogens with one attached hydrogen (secondary N) is 1. The molecule has 0 amide bonds. The van der Waals surface area contributed by atoms with Gasteiger partial charge in [0.15, 0.2) is 22.1 Å². The third-order valence-electron chi connectivity index (χ3n) is 2.85. The van der Waals surface area contributed by atoms with Crippen molar-refractivity contribution < 1.29 is 9.47 Å². The number of hydrogen-bond acceptors (Lipinski definition) is 4. The van der Waals surface area contributed by atoms with E-state index >= 15 is 0 Å². The van der Waals surface area contributed by atoms with Gasteiger partial charge in [-0.2, -0.15) is 5.10 Å². The first-order chi connectivity index (χ1) is 9.21. The lowest BCUT2D eigenvalue weighted by molar-refractivity contribution is 0.355. The summed E-state index contributed by atoms with van der Waals surface area (Å²) in [6, 6.07) is 5.70. The Morgan fingerprint density at radius 1 is 1.26 bits per heavy atom. The zero-order chi connectivity index (χ0) is 13.8. The van der Waals surface area contributed by atoms with Crippen LogP contribution in [0.5, 0.6) is 11.5 Å². The SMILES string of the molecule is CCCn1c(-c2ccc(OC)c(OC)c2)n[nH]c1=S. The van der Waals surface area contributed by atoms with Gasteiger partial charge in [-0.1, -0.05) is 6.92 Å². The summed E-state index contributed by atoms with van der Waals surface area (Å²) in [6.07, 6.45) is 0.994. The van der Waals surface area contributed by atoms with E-state index in [2.05, 4.69) is 17.1 Å². The lowest BCUT2D eigenvalue weighted by Crippen LogP contribution is -2.00. The smallest absolute Gasteiger partial charge is 0.195 e. The quantitative estimate of drug-likeness (QED) is 0.855. The lowest BCUT2D eigenvalue weighted by Gasteiger charge is -2.10. The van der Waals surface area contributed by atoms with Crippen molar-refractivity contribution in [3.05, 3.63) is 23.0 Å². The van der Waals surface area contributed by atoms with Gasteiger partial charge in [-0.3, -0.25) is 5.10 Å². The van der Waals surface area contributed by atoms with Crippen LogP contribution in [0.1, 0.15) is 13.3 Å². The normalized spacial score (nSPS) is 10.5. The van der Waals surface area contributed by atoms with E-state index in [1.54, 1.807) is 14.2 Å². The Labute approximate surface area is 117 Å². The van der Waals surface area contributed by atoms with Crippen LogP contribution in [0.15, 0.2) is 18.2 Å². The Bertz CT molecular complexity index is 619. The minimum absolute atomic E-state index is 0.631. The minimum Gasteiger partial charge on any atom is -0.493 e. The van der Waals surface area contributed by atoms with Gasteiger partial charge < -0.3 is 14.0 Å². The molecule has 0 spiro atoms. The number of ether oxygens (including phenoxy) is 2. The van der Waals surface area contributed by atoms with E-state index in [0.29, 0.717) is 16.3 Å². The standard InChI is InChI=1S/C13H17N3O2S/c1-4-7-16-12(14-15-13(16)19)9-5-6-10(17-2)11(8-9)18-3/h5-6,8H,4,7H2,1-3H3,(H,15,19). The van der Waals surface area contributed by atoms with E-state index in [9.17, 15) is 0 Å². The van der Waals surface area contributed by atoms with Crippen LogP contribution in [0.2, 0.25) is 0 Å². The molecular weight excluding hydrogens is 262 g/mol. The van der Waals surface area contributed by atoms with Gasteiger partial charge in [0, 0.05) is 12.1 Å². The summed E-state index contributed by atoms with van der Waals surface area (Å²) in [4.78, 5) is 0. The predicted octanol–water partition coefficient (Wildman–Crippen LogP) is 3.03. The third-order valence-corrected chi connectivity index (χ3v) is 3.16. The fraction of sp³-hybridized carbons (Fsp3) is 0.385. The summed E-state index contributed by atoms with van der Waals surface area (Å²) in [5.74, 6) is 2.19. The Morgan fingerprint density at radius 2 is 2.00 bits per heavy atom. The molecule has 0 aliphatic heterocycles. The first-order valence-electron chi connectivity index (χ1n) is 6.08. The van der Waals surface area contributed by atoms with Crippen molar-refractivity contribution in [1.29, 1.82) is 0 Å². The van der Waals surface area contributed by atoms with Gasteiger partial charge >= 0.3 is 0 Å². The number of nitrogens with zero attached hydrogens (tertiary/aromatic N) is 2. The van der Waals surface area contributed by atoms with Gasteiger partial charge in [-0.15, -0.1) is 0 Å². The zero-order valence-corrected chi connectivity index (χ0v) is 12.1. The van der Waals surface area contributed by atoms with Crippen LogP contribution in [-0.2, 0) is 6.54 Å². The molecule has 0 atom stereocenters. The van der Waals surface area contributed by atoms with Gasteiger partial charge in [0.1, 0.15) is 0 Å². The van der Waals surface area contributed by atoms with E-state index in [-0.39, 0.29) is 0 Å². The minimum atomic E-state index is 0.631. The first-order valence-corrected chi connectivity index (χ1v) is 6.49. The average Bonchev–Trinajstić information content (AvgIpc) is 2.80. The van der Waals surface area contributed by atoms with Gasteiger partial charge in [0.05, 0.1) is 14.2 Å². The molecule has 0 saturated heterocycles. The summed E-state index contributed by atoms with van der Waals surface area (Å²) in [5, 5.41) is 7.12. The van der Waals surface area contributed by atoms with E-state index < -0.39 is 0 Å². The van der Waals surface area contributed by atoms with Crippen LogP contribution in [0.3, 0.4) is 0 Å². The first kappa shape index (κ1) is 13.6. The Balaban J connectivity index is 2.50. The van der Waals surface area contributed by atoms with Gasteiger partial charge in [0.2, 0.25) is 0 Å². The number of H-pyrrole nitrogens is 1. The van der Waals surface area contributed by atoms with Crippen molar-refractivity contribution in [2.24, 2.45) is 0 Å². The number of rotatable bonds is 5. The van der Waals surface area contributed by atoms with Crippen LogP contribution < -0.4 is 9.47 Å². The molecule has 1 heterocycles. The van der Waals surface area contributed by atoms with Crippen LogP contribution in [0.4, 0.5) is 0 Å². The fourth-order valence-electron chi connectivity index (χ4n) is 1.94. The molecule has 0 unspecified atom stereocenters.